The molecule has 0 bridgehead atoms. The molecule has 138 valence electrons. The van der Waals surface area contributed by atoms with Gasteiger partial charge in [0.25, 0.3) is 5.91 Å². The van der Waals surface area contributed by atoms with Crippen LogP contribution < -0.4 is 9.64 Å². The molecule has 26 heavy (non-hydrogen) atoms. The highest BCUT2D eigenvalue weighted by molar-refractivity contribution is 6.05. The van der Waals surface area contributed by atoms with Crippen molar-refractivity contribution in [3.63, 3.8) is 0 Å². The number of phenols is 1. The molecule has 7 nitrogen and oxygen atoms in total. The van der Waals surface area contributed by atoms with Gasteiger partial charge < -0.3 is 19.5 Å². The first-order valence-electron chi connectivity index (χ1n) is 8.75. The lowest BCUT2D eigenvalue weighted by Crippen LogP contribution is -2.42. The van der Waals surface area contributed by atoms with Crippen LogP contribution in [0.1, 0.15) is 29.6 Å². The van der Waals surface area contributed by atoms with E-state index in [2.05, 4.69) is 6.58 Å². The van der Waals surface area contributed by atoms with Gasteiger partial charge >= 0.3 is 6.09 Å². The molecule has 0 unspecified atom stereocenters. The largest absolute Gasteiger partial charge is 0.504 e. The number of aromatic hydroxyl groups is 1. The van der Waals surface area contributed by atoms with Gasteiger partial charge in [-0.15, -0.1) is 0 Å². The summed E-state index contributed by atoms with van der Waals surface area (Å²) in [5.74, 6) is -0.0531. The molecule has 0 aromatic heterocycles. The highest BCUT2D eigenvalue weighted by atomic mass is 16.6. The lowest BCUT2D eigenvalue weighted by Gasteiger charge is -2.25. The topological polar surface area (TPSA) is 79.3 Å². The molecular weight excluding hydrogens is 336 g/mol. The number of ether oxygens (including phenoxy) is 2. The van der Waals surface area contributed by atoms with E-state index in [0.29, 0.717) is 24.3 Å². The van der Waals surface area contributed by atoms with Gasteiger partial charge in [0.05, 0.1) is 24.4 Å². The lowest BCUT2D eigenvalue weighted by atomic mass is 10.0. The van der Waals surface area contributed by atoms with Gasteiger partial charge in [0.15, 0.2) is 11.5 Å². The van der Waals surface area contributed by atoms with Crippen molar-refractivity contribution in [2.75, 3.05) is 31.7 Å². The summed E-state index contributed by atoms with van der Waals surface area (Å²) in [4.78, 5) is 29.1. The van der Waals surface area contributed by atoms with E-state index in [1.165, 1.54) is 30.2 Å². The van der Waals surface area contributed by atoms with Gasteiger partial charge in [-0.3, -0.25) is 9.69 Å². The number of carbonyl (C=O) groups is 2. The highest BCUT2D eigenvalue weighted by Gasteiger charge is 2.55. The van der Waals surface area contributed by atoms with Crippen LogP contribution in [0.25, 0.3) is 0 Å². The maximum Gasteiger partial charge on any atom is 0.414 e. The fraction of sp³-hybridized carbons (Fsp3) is 0.474. The standard InChI is InChI=1S/C19H22N2O5/c1-3-6-26-18(24)20-10-12-9-19(4-5-19)11-21(12)17(23)13-7-16(25-2)15(22)8-14(13)20/h3,7-8,12,22H,1,4-6,9-11H2,2H3/t12-/m0/s1. The zero-order valence-corrected chi connectivity index (χ0v) is 14.7. The predicted octanol–water partition coefficient (Wildman–Crippen LogP) is 2.54. The summed E-state index contributed by atoms with van der Waals surface area (Å²) in [6.45, 7) is 4.70. The minimum atomic E-state index is -0.554. The molecule has 7 heteroatoms. The van der Waals surface area contributed by atoms with Crippen LogP contribution in [0.5, 0.6) is 11.5 Å². The fourth-order valence-corrected chi connectivity index (χ4v) is 4.07. The molecule has 1 aromatic carbocycles. The number of carbonyl (C=O) groups excluding carboxylic acids is 2. The molecule has 2 heterocycles. The van der Waals surface area contributed by atoms with Crippen LogP contribution in [0.2, 0.25) is 0 Å². The van der Waals surface area contributed by atoms with Gasteiger partial charge in [-0.25, -0.2) is 4.79 Å². The van der Waals surface area contributed by atoms with Gasteiger partial charge in [0.2, 0.25) is 0 Å². The van der Waals surface area contributed by atoms with Gasteiger partial charge in [0, 0.05) is 19.2 Å². The highest BCUT2D eigenvalue weighted by Crippen LogP contribution is 2.56. The van der Waals surface area contributed by atoms with E-state index >= 15 is 0 Å². The molecule has 2 amide bonds. The van der Waals surface area contributed by atoms with Crippen molar-refractivity contribution in [1.82, 2.24) is 4.90 Å². The lowest BCUT2D eigenvalue weighted by molar-refractivity contribution is 0.0741. The molecular formula is C19H22N2O5. The molecule has 1 N–H and O–H groups in total. The van der Waals surface area contributed by atoms with Crippen LogP contribution in [0.4, 0.5) is 10.5 Å². The zero-order valence-electron chi connectivity index (χ0n) is 14.7. The maximum absolute atomic E-state index is 13.2. The number of phenolic OH excluding ortho intramolecular Hbond substituents is 1. The molecule has 1 saturated heterocycles. The normalized spacial score (nSPS) is 22.5. The summed E-state index contributed by atoms with van der Waals surface area (Å²) in [5.41, 5.74) is 0.909. The van der Waals surface area contributed by atoms with Crippen molar-refractivity contribution in [3.8, 4) is 11.5 Å². The Bertz CT molecular complexity index is 786. The molecule has 0 radical (unpaired) electrons. The quantitative estimate of drug-likeness (QED) is 0.840. The number of benzene rings is 1. The third-order valence-electron chi connectivity index (χ3n) is 5.59. The Morgan fingerprint density at radius 2 is 2.23 bits per heavy atom. The van der Waals surface area contributed by atoms with Gasteiger partial charge in [-0.1, -0.05) is 12.7 Å². The SMILES string of the molecule is C=CCOC(=O)N1C[C@@H]2CC3(CC3)CN2C(=O)c2cc(OC)c(O)cc21. The molecule has 2 aliphatic heterocycles. The minimum Gasteiger partial charge on any atom is -0.504 e. The monoisotopic (exact) mass is 358 g/mol. The first-order valence-corrected chi connectivity index (χ1v) is 8.75. The first-order chi connectivity index (χ1) is 12.5. The summed E-state index contributed by atoms with van der Waals surface area (Å²) >= 11 is 0. The van der Waals surface area contributed by atoms with Crippen molar-refractivity contribution in [3.05, 3.63) is 30.4 Å². The number of amides is 2. The molecule has 3 aliphatic rings. The van der Waals surface area contributed by atoms with Crippen LogP contribution in [0, 0.1) is 5.41 Å². The van der Waals surface area contributed by atoms with E-state index in [0.717, 1.165) is 19.3 Å². The van der Waals surface area contributed by atoms with Crippen LogP contribution in [0.3, 0.4) is 0 Å². The third-order valence-corrected chi connectivity index (χ3v) is 5.59. The Kier molecular flexibility index (Phi) is 3.82. The number of rotatable bonds is 3. The van der Waals surface area contributed by atoms with Crippen LogP contribution in [0.15, 0.2) is 24.8 Å². The molecule has 4 rings (SSSR count). The van der Waals surface area contributed by atoms with E-state index in [1.807, 2.05) is 4.90 Å². The number of anilines is 1. The Hall–Kier alpha value is -2.70. The fourth-order valence-electron chi connectivity index (χ4n) is 4.07. The summed E-state index contributed by atoms with van der Waals surface area (Å²) in [7, 11) is 1.43. The summed E-state index contributed by atoms with van der Waals surface area (Å²) in [6, 6.07) is 2.85. The number of methoxy groups -OCH3 is 1. The molecule has 1 saturated carbocycles. The predicted molar refractivity (Wildman–Crippen MR) is 94.7 cm³/mol. The third kappa shape index (κ3) is 2.58. The van der Waals surface area contributed by atoms with Crippen LogP contribution in [-0.4, -0.2) is 54.9 Å². The Morgan fingerprint density at radius 1 is 1.46 bits per heavy atom. The smallest absolute Gasteiger partial charge is 0.414 e. The van der Waals surface area contributed by atoms with Gasteiger partial charge in [-0.2, -0.15) is 0 Å². The second kappa shape index (κ2) is 5.93. The Balaban J connectivity index is 1.78. The van der Waals surface area contributed by atoms with E-state index in [9.17, 15) is 14.7 Å². The molecule has 1 atom stereocenters. The van der Waals surface area contributed by atoms with Gasteiger partial charge in [-0.05, 0) is 30.7 Å². The van der Waals surface area contributed by atoms with Crippen molar-refractivity contribution < 1.29 is 24.2 Å². The molecule has 1 spiro atoms. The second-order valence-corrected chi connectivity index (χ2v) is 7.31. The molecule has 1 aromatic rings. The van der Waals surface area contributed by atoms with Crippen LogP contribution >= 0.6 is 0 Å². The van der Waals surface area contributed by atoms with E-state index in [-0.39, 0.29) is 35.5 Å². The van der Waals surface area contributed by atoms with Crippen molar-refractivity contribution >= 4 is 17.7 Å². The number of nitrogens with zero attached hydrogens (tertiary/aromatic N) is 2. The van der Waals surface area contributed by atoms with E-state index in [4.69, 9.17) is 9.47 Å². The minimum absolute atomic E-state index is 0.0539. The average Bonchev–Trinajstić information content (AvgIpc) is 3.30. The number of hydrogen-bond acceptors (Lipinski definition) is 5. The summed E-state index contributed by atoms with van der Waals surface area (Å²) in [6.07, 6.45) is 4.08. The van der Waals surface area contributed by atoms with Crippen LogP contribution in [-0.2, 0) is 4.74 Å². The van der Waals surface area contributed by atoms with Gasteiger partial charge in [0.1, 0.15) is 6.61 Å². The van der Waals surface area contributed by atoms with E-state index < -0.39 is 6.09 Å². The number of hydrogen-bond donors (Lipinski definition) is 1. The number of fused-ring (bicyclic) bond motifs is 2. The van der Waals surface area contributed by atoms with Crippen molar-refractivity contribution in [2.45, 2.75) is 25.3 Å². The van der Waals surface area contributed by atoms with Crippen molar-refractivity contribution in [2.24, 2.45) is 5.41 Å². The second-order valence-electron chi connectivity index (χ2n) is 7.31. The maximum atomic E-state index is 13.2. The average molecular weight is 358 g/mol. The summed E-state index contributed by atoms with van der Waals surface area (Å²) < 4.78 is 10.4. The first kappa shape index (κ1) is 16.8. The zero-order chi connectivity index (χ0) is 18.5. The van der Waals surface area contributed by atoms with E-state index in [1.54, 1.807) is 0 Å². The Morgan fingerprint density at radius 3 is 2.88 bits per heavy atom. The Labute approximate surface area is 151 Å². The van der Waals surface area contributed by atoms with Crippen molar-refractivity contribution in [1.29, 1.82) is 0 Å². The molecule has 2 fully saturated rings. The molecule has 1 aliphatic carbocycles. The summed E-state index contributed by atoms with van der Waals surface area (Å²) in [5, 5.41) is 10.2.